The van der Waals surface area contributed by atoms with Crippen molar-refractivity contribution in [2.75, 3.05) is 5.32 Å². The zero-order chi connectivity index (χ0) is 20.6. The zero-order valence-corrected chi connectivity index (χ0v) is 15.7. The van der Waals surface area contributed by atoms with E-state index in [-0.39, 0.29) is 24.0 Å². The molecular formula is C23H21FN2O3. The van der Waals surface area contributed by atoms with E-state index in [0.717, 1.165) is 11.1 Å². The van der Waals surface area contributed by atoms with Crippen molar-refractivity contribution in [3.63, 3.8) is 0 Å². The first-order valence-corrected chi connectivity index (χ1v) is 9.21. The number of hydrogen-bond acceptors (Lipinski definition) is 3. The van der Waals surface area contributed by atoms with Crippen LogP contribution in [-0.4, -0.2) is 16.9 Å². The van der Waals surface area contributed by atoms with Gasteiger partial charge >= 0.3 is 0 Å². The monoisotopic (exact) mass is 392 g/mol. The Balaban J connectivity index is 1.51. The number of anilines is 1. The summed E-state index contributed by atoms with van der Waals surface area (Å²) in [5.74, 6) is -0.686. The molecule has 6 heteroatoms. The fourth-order valence-corrected chi connectivity index (χ4v) is 2.82. The Kier molecular flexibility index (Phi) is 6.58. The number of carbonyl (C=O) groups excluding carboxylic acids is 2. The van der Waals surface area contributed by atoms with E-state index in [2.05, 4.69) is 10.6 Å². The first-order valence-electron chi connectivity index (χ1n) is 9.21. The lowest BCUT2D eigenvalue weighted by atomic mass is 10.1. The fourth-order valence-electron chi connectivity index (χ4n) is 2.82. The van der Waals surface area contributed by atoms with E-state index in [4.69, 9.17) is 0 Å². The summed E-state index contributed by atoms with van der Waals surface area (Å²) in [6.07, 6.45) is 0.713. The van der Waals surface area contributed by atoms with Crippen LogP contribution in [0, 0.1) is 5.82 Å². The third-order valence-electron chi connectivity index (χ3n) is 4.39. The summed E-state index contributed by atoms with van der Waals surface area (Å²) in [7, 11) is 0. The number of phenols is 1. The number of nitrogens with one attached hydrogen (secondary N) is 2. The Morgan fingerprint density at radius 2 is 1.69 bits per heavy atom. The lowest BCUT2D eigenvalue weighted by molar-refractivity contribution is -0.121. The minimum absolute atomic E-state index is 0.131. The van der Waals surface area contributed by atoms with Crippen LogP contribution in [0.3, 0.4) is 0 Å². The lowest BCUT2D eigenvalue weighted by Crippen LogP contribution is -2.23. The molecule has 3 rings (SSSR count). The van der Waals surface area contributed by atoms with Gasteiger partial charge in [-0.2, -0.15) is 0 Å². The van der Waals surface area contributed by atoms with Gasteiger partial charge in [-0.05, 0) is 60.0 Å². The molecule has 148 valence electrons. The number of aryl methyl sites for hydroxylation is 1. The molecule has 0 spiro atoms. The number of benzene rings is 3. The molecule has 0 atom stereocenters. The molecule has 0 aliphatic carbocycles. The lowest BCUT2D eigenvalue weighted by Gasteiger charge is -2.09. The molecule has 29 heavy (non-hydrogen) atoms. The van der Waals surface area contributed by atoms with Crippen molar-refractivity contribution in [2.45, 2.75) is 19.4 Å². The third kappa shape index (κ3) is 5.90. The number of amides is 2. The molecule has 0 heterocycles. The number of phenolic OH excluding ortho intramolecular Hbond substituents is 1. The van der Waals surface area contributed by atoms with E-state index in [1.165, 1.54) is 24.3 Å². The van der Waals surface area contributed by atoms with Gasteiger partial charge in [-0.1, -0.05) is 30.3 Å². The Hall–Kier alpha value is -3.67. The summed E-state index contributed by atoms with van der Waals surface area (Å²) in [5, 5.41) is 15.3. The van der Waals surface area contributed by atoms with Gasteiger partial charge in [-0.25, -0.2) is 4.39 Å². The van der Waals surface area contributed by atoms with Crippen LogP contribution in [0.2, 0.25) is 0 Å². The normalized spacial score (nSPS) is 10.4. The summed E-state index contributed by atoms with van der Waals surface area (Å²) in [6, 6.07) is 19.4. The fraction of sp³-hybridized carbons (Fsp3) is 0.130. The van der Waals surface area contributed by atoms with Crippen molar-refractivity contribution < 1.29 is 19.1 Å². The molecule has 3 aromatic carbocycles. The highest BCUT2D eigenvalue weighted by Crippen LogP contribution is 2.17. The molecular weight excluding hydrogens is 371 g/mol. The van der Waals surface area contributed by atoms with Crippen molar-refractivity contribution in [1.29, 1.82) is 0 Å². The predicted octanol–water partition coefficient (Wildman–Crippen LogP) is 4.03. The number of carbonyl (C=O) groups is 2. The Labute approximate surface area is 168 Å². The van der Waals surface area contributed by atoms with Gasteiger partial charge in [0.25, 0.3) is 5.91 Å². The van der Waals surface area contributed by atoms with E-state index in [1.807, 2.05) is 12.1 Å². The Morgan fingerprint density at radius 1 is 0.931 bits per heavy atom. The molecule has 0 fully saturated rings. The zero-order valence-electron chi connectivity index (χ0n) is 15.7. The summed E-state index contributed by atoms with van der Waals surface area (Å²) in [6.45, 7) is 0.319. The van der Waals surface area contributed by atoms with Crippen LogP contribution in [0.25, 0.3) is 0 Å². The molecule has 0 bridgehead atoms. The molecule has 0 saturated carbocycles. The highest BCUT2D eigenvalue weighted by atomic mass is 19.1. The van der Waals surface area contributed by atoms with Crippen LogP contribution in [-0.2, 0) is 17.8 Å². The minimum atomic E-state index is -0.401. The van der Waals surface area contributed by atoms with Crippen LogP contribution in [0.5, 0.6) is 5.75 Å². The summed E-state index contributed by atoms with van der Waals surface area (Å²) in [4.78, 5) is 24.3. The van der Waals surface area contributed by atoms with Crippen LogP contribution < -0.4 is 10.6 Å². The summed E-state index contributed by atoms with van der Waals surface area (Å²) < 4.78 is 13.0. The molecule has 0 radical (unpaired) electrons. The van der Waals surface area contributed by atoms with E-state index in [9.17, 15) is 19.1 Å². The second kappa shape index (κ2) is 9.50. The number of hydrogen-bond donors (Lipinski definition) is 3. The predicted molar refractivity (Wildman–Crippen MR) is 109 cm³/mol. The van der Waals surface area contributed by atoms with E-state index < -0.39 is 5.82 Å². The van der Waals surface area contributed by atoms with Gasteiger partial charge in [0, 0.05) is 24.2 Å². The van der Waals surface area contributed by atoms with Gasteiger partial charge in [-0.3, -0.25) is 9.59 Å². The van der Waals surface area contributed by atoms with Gasteiger partial charge in [0.15, 0.2) is 0 Å². The average molecular weight is 392 g/mol. The molecule has 5 nitrogen and oxygen atoms in total. The maximum absolute atomic E-state index is 13.0. The van der Waals surface area contributed by atoms with Gasteiger partial charge in [0.2, 0.25) is 5.91 Å². The molecule has 0 aromatic heterocycles. The Morgan fingerprint density at radius 3 is 2.45 bits per heavy atom. The van der Waals surface area contributed by atoms with Crippen LogP contribution in [0.1, 0.15) is 27.9 Å². The van der Waals surface area contributed by atoms with Gasteiger partial charge in [-0.15, -0.1) is 0 Å². The Bertz CT molecular complexity index is 1000. The van der Waals surface area contributed by atoms with Crippen molar-refractivity contribution in [3.05, 3.63) is 95.3 Å². The standard InChI is InChI=1S/C23H21FN2O3/c24-19-11-8-18(9-12-19)23(29)26-20-6-3-4-16(14-20)15-25-22(28)13-10-17-5-1-2-7-21(17)27/h1-9,11-12,14,27H,10,13,15H2,(H,25,28)(H,26,29). The average Bonchev–Trinajstić information content (AvgIpc) is 2.72. The quantitative estimate of drug-likeness (QED) is 0.568. The SMILES string of the molecule is O=C(CCc1ccccc1O)NCc1cccc(NC(=O)c2ccc(F)cc2)c1. The molecule has 0 saturated heterocycles. The molecule has 0 aliphatic heterocycles. The summed E-state index contributed by atoms with van der Waals surface area (Å²) in [5.41, 5.74) is 2.50. The van der Waals surface area contributed by atoms with E-state index in [1.54, 1.807) is 36.4 Å². The first kappa shape index (κ1) is 20.1. The van der Waals surface area contributed by atoms with Crippen molar-refractivity contribution >= 4 is 17.5 Å². The minimum Gasteiger partial charge on any atom is -0.508 e. The maximum atomic E-state index is 13.0. The van der Waals surface area contributed by atoms with Gasteiger partial charge < -0.3 is 15.7 Å². The third-order valence-corrected chi connectivity index (χ3v) is 4.39. The number of aromatic hydroxyl groups is 1. The topological polar surface area (TPSA) is 78.4 Å². The first-order chi connectivity index (χ1) is 14.0. The molecule has 3 N–H and O–H groups in total. The molecule has 2 amide bonds. The van der Waals surface area contributed by atoms with Crippen molar-refractivity contribution in [1.82, 2.24) is 5.32 Å². The van der Waals surface area contributed by atoms with Crippen molar-refractivity contribution in [2.24, 2.45) is 0 Å². The van der Waals surface area contributed by atoms with Crippen molar-refractivity contribution in [3.8, 4) is 5.75 Å². The number of halogens is 1. The smallest absolute Gasteiger partial charge is 0.255 e. The van der Waals surface area contributed by atoms with Gasteiger partial charge in [0.05, 0.1) is 0 Å². The molecule has 3 aromatic rings. The highest BCUT2D eigenvalue weighted by Gasteiger charge is 2.08. The number of rotatable bonds is 7. The van der Waals surface area contributed by atoms with Gasteiger partial charge in [0.1, 0.15) is 11.6 Å². The van der Waals surface area contributed by atoms with Crippen LogP contribution in [0.4, 0.5) is 10.1 Å². The van der Waals surface area contributed by atoms with Crippen LogP contribution in [0.15, 0.2) is 72.8 Å². The van der Waals surface area contributed by atoms with E-state index in [0.29, 0.717) is 24.2 Å². The van der Waals surface area contributed by atoms with E-state index >= 15 is 0 Å². The molecule has 0 aliphatic rings. The van der Waals surface area contributed by atoms with Crippen LogP contribution >= 0.6 is 0 Å². The largest absolute Gasteiger partial charge is 0.508 e. The second-order valence-electron chi connectivity index (χ2n) is 6.57. The number of para-hydroxylation sites is 1. The molecule has 0 unspecified atom stereocenters. The highest BCUT2D eigenvalue weighted by molar-refractivity contribution is 6.04. The second-order valence-corrected chi connectivity index (χ2v) is 6.57. The maximum Gasteiger partial charge on any atom is 0.255 e. The summed E-state index contributed by atoms with van der Waals surface area (Å²) >= 11 is 0.